The number of aromatic nitrogens is 4. The molecule has 0 unspecified atom stereocenters. The first-order chi connectivity index (χ1) is 22.8. The maximum absolute atomic E-state index is 11.5. The van der Waals surface area contributed by atoms with Gasteiger partial charge in [-0.3, -0.25) is 19.6 Å². The second kappa shape index (κ2) is 14.6. The van der Waals surface area contributed by atoms with Crippen molar-refractivity contribution in [3.05, 3.63) is 70.2 Å². The van der Waals surface area contributed by atoms with Gasteiger partial charge in [0, 0.05) is 60.3 Å². The van der Waals surface area contributed by atoms with Gasteiger partial charge in [-0.25, -0.2) is 9.97 Å². The predicted molar refractivity (Wildman–Crippen MR) is 179 cm³/mol. The van der Waals surface area contributed by atoms with E-state index < -0.39 is 0 Å². The van der Waals surface area contributed by atoms with Crippen LogP contribution >= 0.6 is 23.2 Å². The fourth-order valence-electron chi connectivity index (χ4n) is 5.95. The van der Waals surface area contributed by atoms with Crippen LogP contribution in [-0.4, -0.2) is 64.6 Å². The molecular formula is C34H35Cl2N7O4. The van der Waals surface area contributed by atoms with Crippen LogP contribution in [0.2, 0.25) is 10.0 Å². The van der Waals surface area contributed by atoms with Crippen molar-refractivity contribution in [1.82, 2.24) is 35.9 Å². The first kappa shape index (κ1) is 32.6. The number of aryl methyl sites for hydroxylation is 1. The molecule has 2 aromatic carbocycles. The van der Waals surface area contributed by atoms with Crippen molar-refractivity contribution in [2.24, 2.45) is 0 Å². The summed E-state index contributed by atoms with van der Waals surface area (Å²) >= 11 is 14.1. The lowest BCUT2D eigenvalue weighted by Gasteiger charge is -2.15. The largest absolute Gasteiger partial charge is 0.480 e. The fourth-order valence-corrected chi connectivity index (χ4v) is 6.60. The van der Waals surface area contributed by atoms with Gasteiger partial charge in [0.25, 0.3) is 0 Å². The molecule has 2 amide bonds. The van der Waals surface area contributed by atoms with Crippen LogP contribution in [-0.2, 0) is 22.6 Å². The molecular weight excluding hydrogens is 641 g/mol. The summed E-state index contributed by atoms with van der Waals surface area (Å²) in [5, 5.41) is 10.1. The second-order valence-electron chi connectivity index (χ2n) is 11.5. The topological polar surface area (TPSA) is 140 Å². The fraction of sp³-hybridized carbons (Fsp3) is 0.353. The number of halogens is 2. The lowest BCUT2D eigenvalue weighted by molar-refractivity contribution is -0.120. The molecule has 13 heteroatoms. The highest BCUT2D eigenvalue weighted by Crippen LogP contribution is 2.42. The van der Waals surface area contributed by atoms with E-state index in [1.807, 2.05) is 36.4 Å². The van der Waals surface area contributed by atoms with Crippen LogP contribution in [0.1, 0.15) is 43.5 Å². The second-order valence-corrected chi connectivity index (χ2v) is 12.3. The quantitative estimate of drug-likeness (QED) is 0.185. The minimum absolute atomic E-state index is 0.0286. The van der Waals surface area contributed by atoms with Crippen molar-refractivity contribution in [2.75, 3.05) is 20.8 Å². The Kier molecular flexibility index (Phi) is 10.1. The summed E-state index contributed by atoms with van der Waals surface area (Å²) < 4.78 is 11.2. The molecule has 244 valence electrons. The van der Waals surface area contributed by atoms with Gasteiger partial charge in [-0.15, -0.1) is 0 Å². The number of carbonyl (C=O) groups is 2. The zero-order valence-corrected chi connectivity index (χ0v) is 27.6. The molecule has 0 aliphatic carbocycles. The van der Waals surface area contributed by atoms with Crippen molar-refractivity contribution >= 4 is 35.0 Å². The molecule has 0 bridgehead atoms. The molecule has 2 aliphatic heterocycles. The minimum Gasteiger partial charge on any atom is -0.480 e. The number of nitrogens with one attached hydrogen (secondary N) is 3. The summed E-state index contributed by atoms with van der Waals surface area (Å²) in [7, 11) is 3.12. The number of carbonyl (C=O) groups excluding carboxylic acids is 2. The van der Waals surface area contributed by atoms with E-state index in [-0.39, 0.29) is 23.9 Å². The molecule has 2 aromatic heterocycles. The zero-order valence-electron chi connectivity index (χ0n) is 26.1. The van der Waals surface area contributed by atoms with E-state index in [1.54, 1.807) is 26.6 Å². The number of ether oxygens (including phenoxy) is 2. The van der Waals surface area contributed by atoms with Gasteiger partial charge < -0.3 is 25.4 Å². The van der Waals surface area contributed by atoms with Crippen LogP contribution in [0.5, 0.6) is 11.8 Å². The van der Waals surface area contributed by atoms with Gasteiger partial charge in [0.15, 0.2) is 0 Å². The van der Waals surface area contributed by atoms with Gasteiger partial charge in [0.2, 0.25) is 23.6 Å². The highest BCUT2D eigenvalue weighted by Gasteiger charge is 2.23. The molecule has 4 heterocycles. The molecule has 2 atom stereocenters. The van der Waals surface area contributed by atoms with E-state index in [4.69, 9.17) is 42.6 Å². The Morgan fingerprint density at radius 1 is 0.851 bits per heavy atom. The SMILES string of the molecule is COc1nc(-c2cccc(-c3cccc(-c4cnc(CN[C@H]5CNC(=O)C5)c(OC)n4)c3Cl)c2Cl)cnc1CCC[C@H]1CCC(=O)N1. The Morgan fingerprint density at radius 3 is 2.00 bits per heavy atom. The number of amides is 2. The predicted octanol–water partition coefficient (Wildman–Crippen LogP) is 5.17. The van der Waals surface area contributed by atoms with E-state index in [9.17, 15) is 9.59 Å². The van der Waals surface area contributed by atoms with E-state index >= 15 is 0 Å². The summed E-state index contributed by atoms with van der Waals surface area (Å²) in [4.78, 5) is 41.8. The molecule has 47 heavy (non-hydrogen) atoms. The molecule has 6 rings (SSSR count). The first-order valence-corrected chi connectivity index (χ1v) is 16.3. The molecule has 0 radical (unpaired) electrons. The molecule has 4 aromatic rings. The maximum atomic E-state index is 11.5. The van der Waals surface area contributed by atoms with Crippen LogP contribution < -0.4 is 25.4 Å². The zero-order chi connectivity index (χ0) is 32.9. The third-order valence-electron chi connectivity index (χ3n) is 8.44. The van der Waals surface area contributed by atoms with Gasteiger partial charge in [0.1, 0.15) is 11.4 Å². The summed E-state index contributed by atoms with van der Waals surface area (Å²) in [6.07, 6.45) is 7.68. The standard InChI is InChI=1S/C34H35Cl2N7O4/c1-46-33-25(11-3-6-19-12-13-29(44)41-19)38-16-26(42-33)23-9-4-7-21(31(23)35)22-8-5-10-24(32(22)36)27-17-39-28(34(43-27)47-2)18-37-20-14-30(45)40-15-20/h4-5,7-10,16-17,19-20,37H,3,6,11-15,18H2,1-2H3,(H,40,45)(H,41,44)/t19-,20+/m0/s1. The monoisotopic (exact) mass is 675 g/mol. The number of hydrogen-bond donors (Lipinski definition) is 3. The lowest BCUT2D eigenvalue weighted by Crippen LogP contribution is -2.30. The number of benzene rings is 2. The maximum Gasteiger partial charge on any atom is 0.237 e. The van der Waals surface area contributed by atoms with E-state index in [2.05, 4.69) is 25.9 Å². The van der Waals surface area contributed by atoms with Gasteiger partial charge in [0.05, 0.1) is 48.0 Å². The normalized spacial score (nSPS) is 17.4. The Hall–Kier alpha value is -4.32. The number of hydrogen-bond acceptors (Lipinski definition) is 9. The summed E-state index contributed by atoms with van der Waals surface area (Å²) in [5.74, 6) is 0.962. The molecule has 2 fully saturated rings. The van der Waals surface area contributed by atoms with E-state index in [0.29, 0.717) is 82.4 Å². The Balaban J connectivity index is 1.22. The number of methoxy groups -OCH3 is 2. The van der Waals surface area contributed by atoms with E-state index in [1.165, 1.54) is 0 Å². The van der Waals surface area contributed by atoms with Crippen LogP contribution in [0.3, 0.4) is 0 Å². The van der Waals surface area contributed by atoms with Crippen LogP contribution in [0.25, 0.3) is 33.6 Å². The highest BCUT2D eigenvalue weighted by atomic mass is 35.5. The lowest BCUT2D eigenvalue weighted by atomic mass is 9.98. The van der Waals surface area contributed by atoms with Gasteiger partial charge >= 0.3 is 0 Å². The smallest absolute Gasteiger partial charge is 0.237 e. The van der Waals surface area contributed by atoms with Crippen LogP contribution in [0.15, 0.2) is 48.8 Å². The molecule has 2 aliphatic rings. The minimum atomic E-state index is 0.0286. The van der Waals surface area contributed by atoms with Crippen molar-refractivity contribution in [3.63, 3.8) is 0 Å². The van der Waals surface area contributed by atoms with Gasteiger partial charge in [-0.2, -0.15) is 0 Å². The summed E-state index contributed by atoms with van der Waals surface area (Å²) in [6.45, 7) is 0.981. The van der Waals surface area contributed by atoms with Crippen molar-refractivity contribution in [3.8, 4) is 45.4 Å². The first-order valence-electron chi connectivity index (χ1n) is 15.5. The Labute approximate surface area is 282 Å². The average molecular weight is 677 g/mol. The van der Waals surface area contributed by atoms with Crippen LogP contribution in [0, 0.1) is 0 Å². The molecule has 3 N–H and O–H groups in total. The summed E-state index contributed by atoms with van der Waals surface area (Å²) in [6, 6.07) is 11.6. The number of rotatable bonds is 12. The van der Waals surface area contributed by atoms with Crippen molar-refractivity contribution < 1.29 is 19.1 Å². The Bertz CT molecular complexity index is 1800. The van der Waals surface area contributed by atoms with Gasteiger partial charge in [-0.05, 0) is 25.7 Å². The average Bonchev–Trinajstić information content (AvgIpc) is 3.71. The molecule has 0 spiro atoms. The third-order valence-corrected chi connectivity index (χ3v) is 9.25. The highest BCUT2D eigenvalue weighted by molar-refractivity contribution is 6.39. The number of nitrogens with zero attached hydrogens (tertiary/aromatic N) is 4. The third kappa shape index (κ3) is 7.32. The molecule has 11 nitrogen and oxygen atoms in total. The summed E-state index contributed by atoms with van der Waals surface area (Å²) in [5.41, 5.74) is 5.31. The van der Waals surface area contributed by atoms with Crippen molar-refractivity contribution in [2.45, 2.75) is 57.2 Å². The Morgan fingerprint density at radius 2 is 1.45 bits per heavy atom. The molecule has 2 saturated heterocycles. The van der Waals surface area contributed by atoms with Crippen LogP contribution in [0.4, 0.5) is 0 Å². The van der Waals surface area contributed by atoms with E-state index in [0.717, 1.165) is 36.1 Å². The van der Waals surface area contributed by atoms with Crippen molar-refractivity contribution in [1.29, 1.82) is 0 Å². The van der Waals surface area contributed by atoms with Gasteiger partial charge in [-0.1, -0.05) is 59.6 Å². The molecule has 0 saturated carbocycles.